The normalized spacial score (nSPS) is 19.8. The maximum Gasteiger partial charge on any atom is 0.306 e. The molecule has 0 atom stereocenters. The molecule has 0 unspecified atom stereocenters. The summed E-state index contributed by atoms with van der Waals surface area (Å²) in [5.74, 6) is -1.17. The van der Waals surface area contributed by atoms with Crippen LogP contribution in [0.3, 0.4) is 0 Å². The van der Waals surface area contributed by atoms with Crippen LogP contribution < -0.4 is 10.6 Å². The highest BCUT2D eigenvalue weighted by Gasteiger charge is 2.29. The number of hydrogen-bond acceptors (Lipinski definition) is 3. The number of carboxylic acid groups (broad SMARTS) is 1. The first-order chi connectivity index (χ1) is 12.1. The lowest BCUT2D eigenvalue weighted by Gasteiger charge is -2.25. The Morgan fingerprint density at radius 3 is 1.88 bits per heavy atom. The van der Waals surface area contributed by atoms with Gasteiger partial charge < -0.3 is 15.7 Å². The zero-order valence-corrected chi connectivity index (χ0v) is 13.9. The Kier molecular flexibility index (Phi) is 5.33. The van der Waals surface area contributed by atoms with Gasteiger partial charge in [-0.3, -0.25) is 9.59 Å². The smallest absolute Gasteiger partial charge is 0.306 e. The van der Waals surface area contributed by atoms with Crippen molar-refractivity contribution in [3.63, 3.8) is 0 Å². The number of amides is 1. The molecule has 3 N–H and O–H groups in total. The second-order valence-corrected chi connectivity index (χ2v) is 6.44. The molecule has 0 spiro atoms. The van der Waals surface area contributed by atoms with Crippen LogP contribution in [-0.2, 0) is 9.59 Å². The van der Waals surface area contributed by atoms with Crippen LogP contribution in [0.15, 0.2) is 54.6 Å². The van der Waals surface area contributed by atoms with Crippen molar-refractivity contribution in [1.82, 2.24) is 0 Å². The molecule has 0 aromatic heterocycles. The van der Waals surface area contributed by atoms with Crippen LogP contribution in [0.4, 0.5) is 17.1 Å². The Labute approximate surface area is 147 Å². The molecule has 1 saturated carbocycles. The minimum atomic E-state index is -0.750. The fourth-order valence-electron chi connectivity index (χ4n) is 3.17. The molecule has 25 heavy (non-hydrogen) atoms. The molecule has 5 heteroatoms. The number of para-hydroxylation sites is 1. The minimum Gasteiger partial charge on any atom is -0.481 e. The molecule has 3 rings (SSSR count). The van der Waals surface area contributed by atoms with Crippen LogP contribution >= 0.6 is 0 Å². The van der Waals surface area contributed by atoms with Gasteiger partial charge in [0.1, 0.15) is 0 Å². The fourth-order valence-corrected chi connectivity index (χ4v) is 3.17. The standard InChI is InChI=1S/C20H22N2O3/c23-19(14-6-8-15(9-7-14)20(24)25)22-18-12-10-17(11-13-18)21-16-4-2-1-3-5-16/h1-5,10-15,21H,6-9H2,(H,22,23)(H,24,25). The van der Waals surface area contributed by atoms with Gasteiger partial charge in [0, 0.05) is 23.0 Å². The minimum absolute atomic E-state index is 0.0207. The van der Waals surface area contributed by atoms with E-state index in [1.54, 1.807) is 0 Å². The molecule has 2 aromatic rings. The average Bonchev–Trinajstić information content (AvgIpc) is 2.64. The van der Waals surface area contributed by atoms with Crippen LogP contribution in [0, 0.1) is 11.8 Å². The molecule has 2 aromatic carbocycles. The van der Waals surface area contributed by atoms with Crippen molar-refractivity contribution in [2.45, 2.75) is 25.7 Å². The van der Waals surface area contributed by atoms with E-state index in [-0.39, 0.29) is 17.7 Å². The number of carboxylic acids is 1. The molecular weight excluding hydrogens is 316 g/mol. The van der Waals surface area contributed by atoms with Gasteiger partial charge >= 0.3 is 5.97 Å². The summed E-state index contributed by atoms with van der Waals surface area (Å²) in [5, 5.41) is 15.3. The lowest BCUT2D eigenvalue weighted by atomic mass is 9.81. The summed E-state index contributed by atoms with van der Waals surface area (Å²) in [4.78, 5) is 23.3. The number of rotatable bonds is 5. The van der Waals surface area contributed by atoms with Crippen molar-refractivity contribution in [3.8, 4) is 0 Å². The molecule has 1 amide bonds. The summed E-state index contributed by atoms with van der Waals surface area (Å²) in [5.41, 5.74) is 2.71. The zero-order valence-electron chi connectivity index (χ0n) is 13.9. The summed E-state index contributed by atoms with van der Waals surface area (Å²) in [6.45, 7) is 0. The van der Waals surface area contributed by atoms with E-state index in [2.05, 4.69) is 10.6 Å². The van der Waals surface area contributed by atoms with Crippen LogP contribution in [0.2, 0.25) is 0 Å². The third kappa shape index (κ3) is 4.59. The SMILES string of the molecule is O=C(O)C1CCC(C(=O)Nc2ccc(Nc3ccccc3)cc2)CC1. The van der Waals surface area contributed by atoms with Gasteiger partial charge in [-0.05, 0) is 62.1 Å². The van der Waals surface area contributed by atoms with Crippen molar-refractivity contribution in [1.29, 1.82) is 0 Å². The predicted molar refractivity (Wildman–Crippen MR) is 97.9 cm³/mol. The lowest BCUT2D eigenvalue weighted by molar-refractivity contribution is -0.143. The first-order valence-electron chi connectivity index (χ1n) is 8.57. The number of carbonyl (C=O) groups excluding carboxylic acids is 1. The summed E-state index contributed by atoms with van der Waals surface area (Å²) < 4.78 is 0. The van der Waals surface area contributed by atoms with Gasteiger partial charge in [0.05, 0.1) is 5.92 Å². The van der Waals surface area contributed by atoms with Crippen molar-refractivity contribution in [2.24, 2.45) is 11.8 Å². The van der Waals surface area contributed by atoms with Crippen molar-refractivity contribution in [3.05, 3.63) is 54.6 Å². The van der Waals surface area contributed by atoms with E-state index in [1.807, 2.05) is 54.6 Å². The molecule has 0 bridgehead atoms. The number of anilines is 3. The van der Waals surface area contributed by atoms with Crippen molar-refractivity contribution in [2.75, 3.05) is 10.6 Å². The molecule has 0 saturated heterocycles. The van der Waals surface area contributed by atoms with Gasteiger partial charge in [0.2, 0.25) is 5.91 Å². The number of hydrogen-bond donors (Lipinski definition) is 3. The van der Waals surface area contributed by atoms with E-state index in [0.29, 0.717) is 25.7 Å². The van der Waals surface area contributed by atoms with Gasteiger partial charge in [-0.25, -0.2) is 0 Å². The maximum absolute atomic E-state index is 12.3. The fraction of sp³-hybridized carbons (Fsp3) is 0.300. The highest BCUT2D eigenvalue weighted by molar-refractivity contribution is 5.93. The molecule has 0 radical (unpaired) electrons. The topological polar surface area (TPSA) is 78.4 Å². The van der Waals surface area contributed by atoms with Crippen LogP contribution in [0.5, 0.6) is 0 Å². The summed E-state index contributed by atoms with van der Waals surface area (Å²) >= 11 is 0. The highest BCUT2D eigenvalue weighted by Crippen LogP contribution is 2.30. The monoisotopic (exact) mass is 338 g/mol. The predicted octanol–water partition coefficient (Wildman–Crippen LogP) is 4.26. The number of aliphatic carboxylic acids is 1. The lowest BCUT2D eigenvalue weighted by Crippen LogP contribution is -2.29. The molecular formula is C20H22N2O3. The van der Waals surface area contributed by atoms with Gasteiger partial charge in [-0.15, -0.1) is 0 Å². The Bertz CT molecular complexity index is 720. The molecule has 1 aliphatic rings. The first-order valence-corrected chi connectivity index (χ1v) is 8.57. The number of carbonyl (C=O) groups is 2. The third-order valence-electron chi connectivity index (χ3n) is 4.66. The Hall–Kier alpha value is -2.82. The van der Waals surface area contributed by atoms with E-state index in [9.17, 15) is 9.59 Å². The van der Waals surface area contributed by atoms with Gasteiger partial charge in [-0.2, -0.15) is 0 Å². The van der Waals surface area contributed by atoms with E-state index < -0.39 is 5.97 Å². The Morgan fingerprint density at radius 1 is 0.760 bits per heavy atom. The van der Waals surface area contributed by atoms with E-state index >= 15 is 0 Å². The number of nitrogens with one attached hydrogen (secondary N) is 2. The summed E-state index contributed by atoms with van der Waals surface area (Å²) in [6, 6.07) is 17.5. The highest BCUT2D eigenvalue weighted by atomic mass is 16.4. The average molecular weight is 338 g/mol. The van der Waals surface area contributed by atoms with E-state index in [4.69, 9.17) is 5.11 Å². The van der Waals surface area contributed by atoms with Gasteiger partial charge in [0.25, 0.3) is 0 Å². The third-order valence-corrected chi connectivity index (χ3v) is 4.66. The zero-order chi connectivity index (χ0) is 17.6. The summed E-state index contributed by atoms with van der Waals surface area (Å²) in [6.07, 6.45) is 2.42. The van der Waals surface area contributed by atoms with Crippen molar-refractivity contribution < 1.29 is 14.7 Å². The number of benzene rings is 2. The van der Waals surface area contributed by atoms with E-state index in [1.165, 1.54) is 0 Å². The molecule has 130 valence electrons. The molecule has 0 heterocycles. The van der Waals surface area contributed by atoms with Crippen LogP contribution in [0.25, 0.3) is 0 Å². The van der Waals surface area contributed by atoms with E-state index in [0.717, 1.165) is 17.1 Å². The second-order valence-electron chi connectivity index (χ2n) is 6.44. The Balaban J connectivity index is 1.53. The second kappa shape index (κ2) is 7.83. The molecule has 1 fully saturated rings. The van der Waals surface area contributed by atoms with Gasteiger partial charge in [0.15, 0.2) is 0 Å². The van der Waals surface area contributed by atoms with Crippen molar-refractivity contribution >= 4 is 28.9 Å². The maximum atomic E-state index is 12.3. The quantitative estimate of drug-likeness (QED) is 0.761. The van der Waals surface area contributed by atoms with Gasteiger partial charge in [-0.1, -0.05) is 18.2 Å². The Morgan fingerprint density at radius 2 is 1.28 bits per heavy atom. The van der Waals surface area contributed by atoms with Crippen LogP contribution in [0.1, 0.15) is 25.7 Å². The molecule has 1 aliphatic carbocycles. The largest absolute Gasteiger partial charge is 0.481 e. The first kappa shape index (κ1) is 17.0. The molecule has 0 aliphatic heterocycles. The molecule has 5 nitrogen and oxygen atoms in total. The summed E-state index contributed by atoms with van der Waals surface area (Å²) in [7, 11) is 0. The van der Waals surface area contributed by atoms with Crippen LogP contribution in [-0.4, -0.2) is 17.0 Å².